The Hall–Kier alpha value is -2.70. The molecule has 0 radical (unpaired) electrons. The first-order chi connectivity index (χ1) is 11.8. The van der Waals surface area contributed by atoms with E-state index < -0.39 is 0 Å². The number of amides is 2. The number of aryl methyl sites for hydroxylation is 3. The molecule has 0 saturated heterocycles. The fraction of sp³-hybridized carbons (Fsp3) is 0.444. The quantitative estimate of drug-likeness (QED) is 0.867. The molecule has 0 bridgehead atoms. The number of anilines is 1. The smallest absolute Gasteiger partial charge is 0.245 e. The summed E-state index contributed by atoms with van der Waals surface area (Å²) in [5.74, 6) is 0.158. The van der Waals surface area contributed by atoms with Crippen molar-refractivity contribution in [3.63, 3.8) is 0 Å². The Kier molecular flexibility index (Phi) is 5.90. The van der Waals surface area contributed by atoms with Crippen LogP contribution in [0.1, 0.15) is 28.9 Å². The van der Waals surface area contributed by atoms with Crippen molar-refractivity contribution in [1.29, 1.82) is 0 Å². The van der Waals surface area contributed by atoms with Gasteiger partial charge in [0.1, 0.15) is 5.82 Å². The maximum Gasteiger partial charge on any atom is 0.245 e. The first kappa shape index (κ1) is 18.6. The summed E-state index contributed by atoms with van der Waals surface area (Å²) in [6.07, 6.45) is 2.61. The normalized spacial score (nSPS) is 10.6. The standard InChI is InChI=1S/C18H25N5O2/c1-12-8-9-19-16(10-12)20-17(24)11-22(4)18(25)7-6-15-13(2)21-23(5)14(15)3/h8-10H,6-7,11H2,1-5H3,(H,19,20,24). The predicted octanol–water partition coefficient (Wildman–Crippen LogP) is 1.77. The number of rotatable bonds is 6. The van der Waals surface area contributed by atoms with E-state index in [4.69, 9.17) is 0 Å². The minimum atomic E-state index is -0.261. The van der Waals surface area contributed by atoms with E-state index in [9.17, 15) is 9.59 Å². The molecule has 1 N–H and O–H groups in total. The number of hydrogen-bond acceptors (Lipinski definition) is 4. The summed E-state index contributed by atoms with van der Waals surface area (Å²) in [5.41, 5.74) is 4.12. The van der Waals surface area contributed by atoms with Crippen LogP contribution < -0.4 is 5.32 Å². The van der Waals surface area contributed by atoms with Gasteiger partial charge in [0.2, 0.25) is 11.8 Å². The van der Waals surface area contributed by atoms with E-state index in [1.807, 2.05) is 38.6 Å². The van der Waals surface area contributed by atoms with Gasteiger partial charge in [-0.15, -0.1) is 0 Å². The number of nitrogens with zero attached hydrogens (tertiary/aromatic N) is 4. The molecule has 25 heavy (non-hydrogen) atoms. The third kappa shape index (κ3) is 4.89. The van der Waals surface area contributed by atoms with Gasteiger partial charge in [0.25, 0.3) is 0 Å². The molecule has 0 aliphatic rings. The van der Waals surface area contributed by atoms with Crippen molar-refractivity contribution in [2.75, 3.05) is 18.9 Å². The van der Waals surface area contributed by atoms with E-state index in [1.54, 1.807) is 19.3 Å². The third-order valence-electron chi connectivity index (χ3n) is 4.24. The maximum atomic E-state index is 12.3. The van der Waals surface area contributed by atoms with E-state index in [-0.39, 0.29) is 18.4 Å². The summed E-state index contributed by atoms with van der Waals surface area (Å²) in [7, 11) is 3.53. The van der Waals surface area contributed by atoms with E-state index in [0.717, 1.165) is 22.5 Å². The lowest BCUT2D eigenvalue weighted by atomic mass is 10.1. The van der Waals surface area contributed by atoms with Gasteiger partial charge in [-0.25, -0.2) is 4.98 Å². The van der Waals surface area contributed by atoms with Crippen molar-refractivity contribution < 1.29 is 9.59 Å². The largest absolute Gasteiger partial charge is 0.336 e. The number of nitrogens with one attached hydrogen (secondary N) is 1. The minimum absolute atomic E-state index is 0.000537. The molecule has 0 aromatic carbocycles. The Bertz CT molecular complexity index is 782. The molecule has 0 unspecified atom stereocenters. The summed E-state index contributed by atoms with van der Waals surface area (Å²) < 4.78 is 1.82. The van der Waals surface area contributed by atoms with Crippen LogP contribution in [0.2, 0.25) is 0 Å². The van der Waals surface area contributed by atoms with Crippen molar-refractivity contribution in [3.05, 3.63) is 40.8 Å². The van der Waals surface area contributed by atoms with Crippen molar-refractivity contribution in [1.82, 2.24) is 19.7 Å². The molecule has 0 spiro atoms. The van der Waals surface area contributed by atoms with Crippen LogP contribution in [0.3, 0.4) is 0 Å². The molecule has 7 nitrogen and oxygen atoms in total. The Morgan fingerprint density at radius 2 is 2.00 bits per heavy atom. The lowest BCUT2D eigenvalue weighted by molar-refractivity contribution is -0.133. The second kappa shape index (κ2) is 7.92. The van der Waals surface area contributed by atoms with Gasteiger partial charge in [0, 0.05) is 32.4 Å². The third-order valence-corrected chi connectivity index (χ3v) is 4.24. The highest BCUT2D eigenvalue weighted by Crippen LogP contribution is 2.14. The summed E-state index contributed by atoms with van der Waals surface area (Å²) in [4.78, 5) is 29.9. The molecule has 2 amide bonds. The lowest BCUT2D eigenvalue weighted by Crippen LogP contribution is -2.35. The van der Waals surface area contributed by atoms with Crippen LogP contribution in [0.25, 0.3) is 0 Å². The SMILES string of the molecule is Cc1ccnc(NC(=O)CN(C)C(=O)CCc2c(C)nn(C)c2C)c1. The number of aromatic nitrogens is 3. The van der Waals surface area contributed by atoms with Crippen LogP contribution in [0, 0.1) is 20.8 Å². The fourth-order valence-electron chi connectivity index (χ4n) is 2.69. The first-order valence-corrected chi connectivity index (χ1v) is 8.23. The van der Waals surface area contributed by atoms with Crippen molar-refractivity contribution in [2.24, 2.45) is 7.05 Å². The number of carbonyl (C=O) groups excluding carboxylic acids is 2. The first-order valence-electron chi connectivity index (χ1n) is 8.23. The van der Waals surface area contributed by atoms with E-state index >= 15 is 0 Å². The van der Waals surface area contributed by atoms with Gasteiger partial charge in [0.05, 0.1) is 12.2 Å². The van der Waals surface area contributed by atoms with Gasteiger partial charge < -0.3 is 10.2 Å². The number of pyridine rings is 1. The summed E-state index contributed by atoms with van der Waals surface area (Å²) in [6, 6.07) is 3.64. The molecule has 0 aliphatic heterocycles. The van der Waals surface area contributed by atoms with Crippen molar-refractivity contribution in [3.8, 4) is 0 Å². The second-order valence-corrected chi connectivity index (χ2v) is 6.29. The van der Waals surface area contributed by atoms with E-state index in [0.29, 0.717) is 18.7 Å². The maximum absolute atomic E-state index is 12.3. The van der Waals surface area contributed by atoms with Gasteiger partial charge in [0.15, 0.2) is 0 Å². The lowest BCUT2D eigenvalue weighted by Gasteiger charge is -2.16. The van der Waals surface area contributed by atoms with Crippen molar-refractivity contribution >= 4 is 17.6 Å². The molecular weight excluding hydrogens is 318 g/mol. The molecule has 2 rings (SSSR count). The van der Waals surface area contributed by atoms with Crippen LogP contribution in [-0.4, -0.2) is 45.1 Å². The molecule has 2 aromatic heterocycles. The highest BCUT2D eigenvalue weighted by Gasteiger charge is 2.16. The van der Waals surface area contributed by atoms with Gasteiger partial charge in [-0.1, -0.05) is 0 Å². The zero-order chi connectivity index (χ0) is 18.6. The van der Waals surface area contributed by atoms with Gasteiger partial charge >= 0.3 is 0 Å². The van der Waals surface area contributed by atoms with Crippen LogP contribution in [0.15, 0.2) is 18.3 Å². The zero-order valence-corrected chi connectivity index (χ0v) is 15.5. The van der Waals surface area contributed by atoms with Gasteiger partial charge in [-0.05, 0) is 50.5 Å². The average Bonchev–Trinajstić information content (AvgIpc) is 2.77. The van der Waals surface area contributed by atoms with Crippen LogP contribution in [-0.2, 0) is 23.1 Å². The average molecular weight is 343 g/mol. The monoisotopic (exact) mass is 343 g/mol. The Balaban J connectivity index is 1.86. The number of carbonyl (C=O) groups is 2. The van der Waals surface area contributed by atoms with Crippen LogP contribution in [0.4, 0.5) is 5.82 Å². The van der Waals surface area contributed by atoms with Gasteiger partial charge in [-0.2, -0.15) is 5.10 Å². The van der Waals surface area contributed by atoms with Crippen LogP contribution in [0.5, 0.6) is 0 Å². The van der Waals surface area contributed by atoms with Crippen molar-refractivity contribution in [2.45, 2.75) is 33.6 Å². The molecular formula is C18H25N5O2. The van der Waals surface area contributed by atoms with E-state index in [2.05, 4.69) is 15.4 Å². The minimum Gasteiger partial charge on any atom is -0.336 e. The fourth-order valence-corrected chi connectivity index (χ4v) is 2.69. The zero-order valence-electron chi connectivity index (χ0n) is 15.5. The highest BCUT2D eigenvalue weighted by atomic mass is 16.2. The second-order valence-electron chi connectivity index (χ2n) is 6.29. The molecule has 0 aliphatic carbocycles. The molecule has 7 heteroatoms. The predicted molar refractivity (Wildman–Crippen MR) is 96.2 cm³/mol. The molecule has 2 heterocycles. The molecule has 134 valence electrons. The van der Waals surface area contributed by atoms with Crippen LogP contribution >= 0.6 is 0 Å². The Labute approximate surface area is 148 Å². The number of likely N-dealkylation sites (N-methyl/N-ethyl adjacent to an activating group) is 1. The highest BCUT2D eigenvalue weighted by molar-refractivity contribution is 5.93. The summed E-state index contributed by atoms with van der Waals surface area (Å²) in [5, 5.41) is 7.06. The summed E-state index contributed by atoms with van der Waals surface area (Å²) >= 11 is 0. The van der Waals surface area contributed by atoms with Gasteiger partial charge in [-0.3, -0.25) is 14.3 Å². The molecule has 0 saturated carbocycles. The Morgan fingerprint density at radius 1 is 1.28 bits per heavy atom. The molecule has 0 fully saturated rings. The molecule has 0 atom stereocenters. The number of hydrogen-bond donors (Lipinski definition) is 1. The summed E-state index contributed by atoms with van der Waals surface area (Å²) in [6.45, 7) is 5.86. The van der Waals surface area contributed by atoms with E-state index in [1.165, 1.54) is 4.90 Å². The topological polar surface area (TPSA) is 80.1 Å². The molecule has 2 aromatic rings. The Morgan fingerprint density at radius 3 is 2.60 bits per heavy atom.